The molecule has 34 heavy (non-hydrogen) atoms. The van der Waals surface area contributed by atoms with E-state index in [9.17, 15) is 14.4 Å². The molecule has 0 fully saturated rings. The number of amides is 2. The SMILES string of the molecule is Cc1ccccc1NC(=O)C(=O)N/N=C/c1ccc(OC(=O)c2sc3ccccc3c2Cl)cc1. The summed E-state index contributed by atoms with van der Waals surface area (Å²) in [5.74, 6) is -1.93. The fraction of sp³-hybridized carbons (Fsp3) is 0.0400. The smallest absolute Gasteiger partial charge is 0.355 e. The zero-order valence-electron chi connectivity index (χ0n) is 17.9. The van der Waals surface area contributed by atoms with Crippen molar-refractivity contribution in [3.8, 4) is 5.75 Å². The van der Waals surface area contributed by atoms with Crippen LogP contribution in [0.4, 0.5) is 5.69 Å². The molecule has 170 valence electrons. The van der Waals surface area contributed by atoms with Crippen LogP contribution in [-0.2, 0) is 9.59 Å². The molecule has 0 spiro atoms. The predicted octanol–water partition coefficient (Wildman–Crippen LogP) is 5.17. The van der Waals surface area contributed by atoms with Crippen molar-refractivity contribution in [2.45, 2.75) is 6.92 Å². The molecule has 2 N–H and O–H groups in total. The lowest BCUT2D eigenvalue weighted by molar-refractivity contribution is -0.136. The van der Waals surface area contributed by atoms with Gasteiger partial charge in [-0.05, 0) is 54.4 Å². The van der Waals surface area contributed by atoms with Gasteiger partial charge in [-0.15, -0.1) is 11.3 Å². The van der Waals surface area contributed by atoms with Gasteiger partial charge in [-0.25, -0.2) is 10.2 Å². The molecule has 1 heterocycles. The van der Waals surface area contributed by atoms with Crippen molar-refractivity contribution in [1.82, 2.24) is 5.43 Å². The Morgan fingerprint density at radius 1 is 0.941 bits per heavy atom. The molecule has 1 aromatic heterocycles. The van der Waals surface area contributed by atoms with Crippen LogP contribution < -0.4 is 15.5 Å². The summed E-state index contributed by atoms with van der Waals surface area (Å²) >= 11 is 7.60. The van der Waals surface area contributed by atoms with Crippen LogP contribution in [-0.4, -0.2) is 24.0 Å². The standard InChI is InChI=1S/C25H18ClN3O4S/c1-15-6-2-4-8-19(15)28-23(30)24(31)29-27-14-16-10-12-17(13-11-16)33-25(32)22-21(26)18-7-3-5-9-20(18)34-22/h2-14H,1H3,(H,28,30)(H,29,31)/b27-14+. The van der Waals surface area contributed by atoms with Crippen LogP contribution in [0.15, 0.2) is 77.9 Å². The summed E-state index contributed by atoms with van der Waals surface area (Å²) in [6.45, 7) is 1.82. The van der Waals surface area contributed by atoms with E-state index in [-0.39, 0.29) is 0 Å². The average molecular weight is 492 g/mol. The summed E-state index contributed by atoms with van der Waals surface area (Å²) in [5.41, 5.74) is 4.19. The number of thiophene rings is 1. The number of nitrogens with zero attached hydrogens (tertiary/aromatic N) is 1. The van der Waals surface area contributed by atoms with Gasteiger partial charge in [0, 0.05) is 15.8 Å². The molecule has 7 nitrogen and oxygen atoms in total. The van der Waals surface area contributed by atoms with E-state index in [0.717, 1.165) is 15.6 Å². The van der Waals surface area contributed by atoms with Crippen LogP contribution in [0.1, 0.15) is 20.8 Å². The summed E-state index contributed by atoms with van der Waals surface area (Å²) in [5, 5.41) is 7.50. The number of rotatable bonds is 5. The van der Waals surface area contributed by atoms with Crippen molar-refractivity contribution < 1.29 is 19.1 Å². The number of halogens is 1. The molecular weight excluding hydrogens is 474 g/mol. The number of hydrogen-bond acceptors (Lipinski definition) is 6. The zero-order valence-corrected chi connectivity index (χ0v) is 19.4. The van der Waals surface area contributed by atoms with Crippen molar-refractivity contribution >= 4 is 62.7 Å². The number of carbonyl (C=O) groups is 3. The highest BCUT2D eigenvalue weighted by molar-refractivity contribution is 7.21. The Balaban J connectivity index is 1.33. The number of anilines is 1. The second kappa shape index (κ2) is 10.3. The highest BCUT2D eigenvalue weighted by Gasteiger charge is 2.19. The van der Waals surface area contributed by atoms with Crippen LogP contribution in [0.2, 0.25) is 5.02 Å². The molecule has 4 rings (SSSR count). The lowest BCUT2D eigenvalue weighted by Gasteiger charge is -2.06. The minimum atomic E-state index is -0.898. The molecule has 0 saturated carbocycles. The van der Waals surface area contributed by atoms with Gasteiger partial charge in [-0.1, -0.05) is 48.0 Å². The Bertz CT molecular complexity index is 1410. The highest BCUT2D eigenvalue weighted by Crippen LogP contribution is 2.35. The van der Waals surface area contributed by atoms with Gasteiger partial charge in [-0.3, -0.25) is 9.59 Å². The molecule has 9 heteroatoms. The molecule has 0 atom stereocenters. The third-order valence-corrected chi connectivity index (χ3v) is 6.45. The first-order chi connectivity index (χ1) is 16.4. The van der Waals surface area contributed by atoms with Gasteiger partial charge in [0.15, 0.2) is 0 Å². The first-order valence-electron chi connectivity index (χ1n) is 10.1. The minimum absolute atomic E-state index is 0.331. The number of ether oxygens (including phenoxy) is 1. The summed E-state index contributed by atoms with van der Waals surface area (Å²) < 4.78 is 6.33. The summed E-state index contributed by atoms with van der Waals surface area (Å²) in [6.07, 6.45) is 1.37. The first-order valence-corrected chi connectivity index (χ1v) is 11.3. The Kier molecular flexibility index (Phi) is 7.01. The molecule has 0 unspecified atom stereocenters. The minimum Gasteiger partial charge on any atom is -0.422 e. The maximum atomic E-state index is 12.5. The van der Waals surface area contributed by atoms with Crippen molar-refractivity contribution in [3.63, 3.8) is 0 Å². The summed E-state index contributed by atoms with van der Waals surface area (Å²) in [4.78, 5) is 36.8. The summed E-state index contributed by atoms with van der Waals surface area (Å²) in [6, 6.07) is 21.1. The number of fused-ring (bicyclic) bond motifs is 1. The van der Waals surface area contributed by atoms with E-state index in [0.29, 0.717) is 26.9 Å². The molecule has 3 aromatic carbocycles. The van der Waals surface area contributed by atoms with E-state index in [2.05, 4.69) is 15.8 Å². The van der Waals surface area contributed by atoms with E-state index in [1.165, 1.54) is 17.6 Å². The maximum Gasteiger partial charge on any atom is 0.355 e. The monoisotopic (exact) mass is 491 g/mol. The van der Waals surface area contributed by atoms with E-state index >= 15 is 0 Å². The fourth-order valence-electron chi connectivity index (χ4n) is 3.03. The van der Waals surface area contributed by atoms with Crippen molar-refractivity contribution in [2.75, 3.05) is 5.32 Å². The Hall–Kier alpha value is -4.01. The van der Waals surface area contributed by atoms with Gasteiger partial charge in [0.25, 0.3) is 0 Å². The van der Waals surface area contributed by atoms with Crippen LogP contribution in [0.5, 0.6) is 5.75 Å². The third-order valence-electron chi connectivity index (χ3n) is 4.79. The van der Waals surface area contributed by atoms with Crippen molar-refractivity contribution in [3.05, 3.63) is 93.8 Å². The lowest BCUT2D eigenvalue weighted by atomic mass is 10.2. The number of hydrogen-bond donors (Lipinski definition) is 2. The Morgan fingerprint density at radius 2 is 1.65 bits per heavy atom. The molecule has 0 aliphatic carbocycles. The van der Waals surface area contributed by atoms with Gasteiger partial charge >= 0.3 is 17.8 Å². The number of para-hydroxylation sites is 1. The van der Waals surface area contributed by atoms with E-state index in [1.54, 1.807) is 36.4 Å². The third kappa shape index (κ3) is 5.31. The van der Waals surface area contributed by atoms with Gasteiger partial charge in [0.05, 0.1) is 11.2 Å². The van der Waals surface area contributed by atoms with E-state index < -0.39 is 17.8 Å². The fourth-order valence-corrected chi connectivity index (χ4v) is 4.41. The van der Waals surface area contributed by atoms with Gasteiger partial charge < -0.3 is 10.1 Å². The van der Waals surface area contributed by atoms with Crippen LogP contribution >= 0.6 is 22.9 Å². The zero-order chi connectivity index (χ0) is 24.1. The predicted molar refractivity (Wildman–Crippen MR) is 134 cm³/mol. The molecule has 0 saturated heterocycles. The second-order valence-electron chi connectivity index (χ2n) is 7.17. The van der Waals surface area contributed by atoms with E-state index in [4.69, 9.17) is 16.3 Å². The number of hydrazone groups is 1. The van der Waals surface area contributed by atoms with Gasteiger partial charge in [0.1, 0.15) is 10.6 Å². The molecule has 4 aromatic rings. The number of aryl methyl sites for hydroxylation is 1. The number of esters is 1. The van der Waals surface area contributed by atoms with Crippen molar-refractivity contribution in [1.29, 1.82) is 0 Å². The topological polar surface area (TPSA) is 96.9 Å². The highest BCUT2D eigenvalue weighted by atomic mass is 35.5. The quantitative estimate of drug-likeness (QED) is 0.132. The molecular formula is C25H18ClN3O4S. The van der Waals surface area contributed by atoms with Gasteiger partial charge in [0.2, 0.25) is 0 Å². The molecule has 0 aliphatic heterocycles. The second-order valence-corrected chi connectivity index (χ2v) is 8.60. The van der Waals surface area contributed by atoms with Crippen molar-refractivity contribution in [2.24, 2.45) is 5.10 Å². The Morgan fingerprint density at radius 3 is 2.38 bits per heavy atom. The first kappa shape index (κ1) is 23.2. The lowest BCUT2D eigenvalue weighted by Crippen LogP contribution is -2.32. The molecule has 0 bridgehead atoms. The number of benzene rings is 3. The molecule has 2 amide bonds. The number of nitrogens with one attached hydrogen (secondary N) is 2. The van der Waals surface area contributed by atoms with Crippen LogP contribution in [0, 0.1) is 6.92 Å². The normalized spacial score (nSPS) is 10.9. The van der Waals surface area contributed by atoms with Crippen LogP contribution in [0.3, 0.4) is 0 Å². The van der Waals surface area contributed by atoms with Gasteiger partial charge in [-0.2, -0.15) is 5.10 Å². The van der Waals surface area contributed by atoms with E-state index in [1.807, 2.05) is 43.3 Å². The van der Waals surface area contributed by atoms with Crippen LogP contribution in [0.25, 0.3) is 10.1 Å². The largest absolute Gasteiger partial charge is 0.422 e. The number of carbonyl (C=O) groups excluding carboxylic acids is 3. The molecule has 0 aliphatic rings. The Labute approximate surface area is 204 Å². The average Bonchev–Trinajstić information content (AvgIpc) is 3.18. The maximum absolute atomic E-state index is 12.5. The summed E-state index contributed by atoms with van der Waals surface area (Å²) in [7, 11) is 0. The molecule has 0 radical (unpaired) electrons.